The van der Waals surface area contributed by atoms with E-state index in [9.17, 15) is 13.2 Å². The van der Waals surface area contributed by atoms with Gasteiger partial charge in [-0.25, -0.2) is 8.42 Å². The Balaban J connectivity index is 2.52. The average molecular weight is 290 g/mol. The van der Waals surface area contributed by atoms with Crippen molar-refractivity contribution in [3.63, 3.8) is 0 Å². The third kappa shape index (κ3) is 5.91. The number of hydrogen-bond acceptors (Lipinski definition) is 4. The third-order valence-corrected chi connectivity index (χ3v) is 5.22. The molecule has 0 aromatic rings. The highest BCUT2D eigenvalue weighted by atomic mass is 32.2. The lowest BCUT2D eigenvalue weighted by Crippen LogP contribution is -2.36. The Hall–Kier alpha value is -0.620. The van der Waals surface area contributed by atoms with Crippen molar-refractivity contribution < 1.29 is 13.2 Å². The highest BCUT2D eigenvalue weighted by molar-refractivity contribution is 7.91. The molecule has 0 aliphatic carbocycles. The van der Waals surface area contributed by atoms with E-state index in [1.807, 2.05) is 0 Å². The average Bonchev–Trinajstić information content (AvgIpc) is 2.48. The van der Waals surface area contributed by atoms with E-state index in [0.717, 1.165) is 6.42 Å². The van der Waals surface area contributed by atoms with Crippen molar-refractivity contribution in [1.29, 1.82) is 0 Å². The molecule has 1 aliphatic rings. The zero-order chi connectivity index (χ0) is 14.5. The normalized spacial score (nSPS) is 21.2. The predicted molar refractivity (Wildman–Crippen MR) is 76.5 cm³/mol. The Morgan fingerprint density at radius 2 is 1.95 bits per heavy atom. The molecule has 0 aromatic carbocycles. The van der Waals surface area contributed by atoms with Crippen molar-refractivity contribution in [2.45, 2.75) is 33.1 Å². The molecule has 0 unspecified atom stereocenters. The summed E-state index contributed by atoms with van der Waals surface area (Å²) in [4.78, 5) is 13.9. The minimum atomic E-state index is -2.96. The van der Waals surface area contributed by atoms with Gasteiger partial charge in [0.1, 0.15) is 0 Å². The zero-order valence-electron chi connectivity index (χ0n) is 12.0. The van der Waals surface area contributed by atoms with Crippen LogP contribution in [0.15, 0.2) is 0 Å². The van der Waals surface area contributed by atoms with Crippen molar-refractivity contribution >= 4 is 15.7 Å². The second kappa shape index (κ2) is 7.24. The summed E-state index contributed by atoms with van der Waals surface area (Å²) >= 11 is 0. The van der Waals surface area contributed by atoms with Crippen LogP contribution in [0.4, 0.5) is 0 Å². The largest absolute Gasteiger partial charge is 0.342 e. The second-order valence-electron chi connectivity index (χ2n) is 5.82. The summed E-state index contributed by atoms with van der Waals surface area (Å²) in [5, 5.41) is 0. The molecule has 0 spiro atoms. The van der Waals surface area contributed by atoms with E-state index >= 15 is 0 Å². The van der Waals surface area contributed by atoms with Crippen molar-refractivity contribution in [2.75, 3.05) is 31.1 Å². The van der Waals surface area contributed by atoms with Gasteiger partial charge in [0.25, 0.3) is 0 Å². The number of nitrogens with two attached hydrogens (primary N) is 1. The summed E-state index contributed by atoms with van der Waals surface area (Å²) in [7, 11) is -2.96. The van der Waals surface area contributed by atoms with Crippen LogP contribution < -0.4 is 5.73 Å². The van der Waals surface area contributed by atoms with Gasteiger partial charge >= 0.3 is 0 Å². The van der Waals surface area contributed by atoms with Crippen LogP contribution in [-0.4, -0.2) is 50.4 Å². The van der Waals surface area contributed by atoms with Crippen LogP contribution in [0.5, 0.6) is 0 Å². The van der Waals surface area contributed by atoms with Crippen molar-refractivity contribution in [1.82, 2.24) is 4.90 Å². The minimum absolute atomic E-state index is 0.0493. The van der Waals surface area contributed by atoms with Gasteiger partial charge in [0, 0.05) is 19.5 Å². The Morgan fingerprint density at radius 1 is 1.26 bits per heavy atom. The van der Waals surface area contributed by atoms with Gasteiger partial charge in [0.2, 0.25) is 5.91 Å². The summed E-state index contributed by atoms with van der Waals surface area (Å²) in [6, 6.07) is 0. The minimum Gasteiger partial charge on any atom is -0.342 e. The highest BCUT2D eigenvalue weighted by Crippen LogP contribution is 2.16. The maximum absolute atomic E-state index is 12.2. The van der Waals surface area contributed by atoms with E-state index in [4.69, 9.17) is 5.73 Å². The summed E-state index contributed by atoms with van der Waals surface area (Å²) in [6.07, 6.45) is 1.93. The monoisotopic (exact) mass is 290 g/mol. The Bertz CT molecular complexity index is 393. The number of amides is 1. The molecule has 1 saturated heterocycles. The first-order valence-corrected chi connectivity index (χ1v) is 8.84. The number of sulfone groups is 1. The van der Waals surface area contributed by atoms with Crippen LogP contribution in [0.2, 0.25) is 0 Å². The fourth-order valence-electron chi connectivity index (χ4n) is 2.49. The third-order valence-electron chi connectivity index (χ3n) is 3.51. The van der Waals surface area contributed by atoms with Gasteiger partial charge in [-0.1, -0.05) is 13.8 Å². The molecule has 2 N–H and O–H groups in total. The molecule has 1 heterocycles. The standard InChI is InChI=1S/C13H26N2O3S/c1-11(2)8-12(10-14)9-13(16)15-4-3-6-19(17,18)7-5-15/h11-12H,3-10,14H2,1-2H3/t12-/m0/s1. The van der Waals surface area contributed by atoms with Gasteiger partial charge in [0.15, 0.2) is 9.84 Å². The van der Waals surface area contributed by atoms with E-state index in [2.05, 4.69) is 13.8 Å². The van der Waals surface area contributed by atoms with Crippen molar-refractivity contribution in [3.8, 4) is 0 Å². The number of nitrogens with zero attached hydrogens (tertiary/aromatic N) is 1. The van der Waals surface area contributed by atoms with Crippen LogP contribution in [0, 0.1) is 11.8 Å². The molecular weight excluding hydrogens is 264 g/mol. The van der Waals surface area contributed by atoms with Crippen LogP contribution >= 0.6 is 0 Å². The molecular formula is C13H26N2O3S. The molecule has 1 aliphatic heterocycles. The predicted octanol–water partition coefficient (Wildman–Crippen LogP) is 0.645. The Morgan fingerprint density at radius 3 is 2.53 bits per heavy atom. The van der Waals surface area contributed by atoms with Gasteiger partial charge in [-0.15, -0.1) is 0 Å². The van der Waals surface area contributed by atoms with E-state index in [1.165, 1.54) is 0 Å². The van der Waals surface area contributed by atoms with Crippen LogP contribution in [0.25, 0.3) is 0 Å². The summed E-state index contributed by atoms with van der Waals surface area (Å²) < 4.78 is 23.0. The lowest BCUT2D eigenvalue weighted by Gasteiger charge is -2.23. The van der Waals surface area contributed by atoms with E-state index in [1.54, 1.807) is 4.90 Å². The maximum atomic E-state index is 12.2. The summed E-state index contributed by atoms with van der Waals surface area (Å²) in [6.45, 7) is 5.63. The fourth-order valence-corrected chi connectivity index (χ4v) is 3.77. The smallest absolute Gasteiger partial charge is 0.222 e. The van der Waals surface area contributed by atoms with Gasteiger partial charge in [-0.2, -0.15) is 0 Å². The molecule has 112 valence electrons. The summed E-state index contributed by atoms with van der Waals surface area (Å²) in [5.41, 5.74) is 5.71. The van der Waals surface area contributed by atoms with E-state index in [-0.39, 0.29) is 23.3 Å². The van der Waals surface area contributed by atoms with Gasteiger partial charge in [-0.05, 0) is 31.2 Å². The van der Waals surface area contributed by atoms with Crippen LogP contribution in [0.1, 0.15) is 33.1 Å². The molecule has 0 radical (unpaired) electrons. The zero-order valence-corrected chi connectivity index (χ0v) is 12.8. The highest BCUT2D eigenvalue weighted by Gasteiger charge is 2.24. The molecule has 1 rings (SSSR count). The van der Waals surface area contributed by atoms with Gasteiger partial charge < -0.3 is 10.6 Å². The van der Waals surface area contributed by atoms with Gasteiger partial charge in [-0.3, -0.25) is 4.79 Å². The lowest BCUT2D eigenvalue weighted by atomic mass is 9.94. The first kappa shape index (κ1) is 16.4. The summed E-state index contributed by atoms with van der Waals surface area (Å²) in [5.74, 6) is 1.06. The topological polar surface area (TPSA) is 80.5 Å². The van der Waals surface area contributed by atoms with Crippen molar-refractivity contribution in [3.05, 3.63) is 0 Å². The SMILES string of the molecule is CC(C)C[C@H](CN)CC(=O)N1CCCS(=O)(=O)CC1. The van der Waals surface area contributed by atoms with E-state index < -0.39 is 9.84 Å². The number of rotatable bonds is 5. The molecule has 6 heteroatoms. The second-order valence-corrected chi connectivity index (χ2v) is 8.13. The number of carbonyl (C=O) groups is 1. The van der Waals surface area contributed by atoms with Crippen LogP contribution in [-0.2, 0) is 14.6 Å². The van der Waals surface area contributed by atoms with Crippen LogP contribution in [0.3, 0.4) is 0 Å². The Labute approximate surface area is 116 Å². The first-order chi connectivity index (χ1) is 8.84. The molecule has 19 heavy (non-hydrogen) atoms. The molecule has 1 fully saturated rings. The fraction of sp³-hybridized carbons (Fsp3) is 0.923. The number of hydrogen-bond donors (Lipinski definition) is 1. The van der Waals surface area contributed by atoms with E-state index in [0.29, 0.717) is 38.4 Å². The van der Waals surface area contributed by atoms with Crippen molar-refractivity contribution in [2.24, 2.45) is 17.6 Å². The quantitative estimate of drug-likeness (QED) is 0.806. The lowest BCUT2D eigenvalue weighted by molar-refractivity contribution is -0.132. The molecule has 0 saturated carbocycles. The molecule has 0 bridgehead atoms. The maximum Gasteiger partial charge on any atom is 0.222 e. The molecule has 0 aromatic heterocycles. The molecule has 1 atom stereocenters. The molecule has 5 nitrogen and oxygen atoms in total. The number of carbonyl (C=O) groups excluding carboxylic acids is 1. The first-order valence-electron chi connectivity index (χ1n) is 7.02. The Kier molecular flexibility index (Phi) is 6.26. The van der Waals surface area contributed by atoms with Gasteiger partial charge in [0.05, 0.1) is 11.5 Å². The molecule has 1 amide bonds.